The smallest absolute Gasteiger partial charge is 0.407 e. The fourth-order valence-electron chi connectivity index (χ4n) is 1.04. The second-order valence-corrected chi connectivity index (χ2v) is 3.76. The fourth-order valence-corrected chi connectivity index (χ4v) is 1.46. The van der Waals surface area contributed by atoms with E-state index < -0.39 is 29.3 Å². The molecule has 0 radical (unpaired) electrons. The molecule has 1 aromatic carbocycles. The number of phenols is 1. The Hall–Kier alpha value is -0.820. The van der Waals surface area contributed by atoms with Gasteiger partial charge in [0.05, 0.1) is 5.56 Å². The van der Waals surface area contributed by atoms with Crippen LogP contribution in [0.15, 0.2) is 16.6 Å². The summed E-state index contributed by atoms with van der Waals surface area (Å²) in [7, 11) is 0. The summed E-state index contributed by atoms with van der Waals surface area (Å²) in [5.74, 6) is -2.03. The average molecular weight is 288 g/mol. The Bertz CT molecular complexity index is 356. The Kier molecular flexibility index (Phi) is 3.25. The van der Waals surface area contributed by atoms with E-state index in [4.69, 9.17) is 10.8 Å². The molecular weight excluding hydrogens is 282 g/mol. The van der Waals surface area contributed by atoms with E-state index in [1.54, 1.807) is 0 Å². The van der Waals surface area contributed by atoms with Crippen LogP contribution in [0.2, 0.25) is 0 Å². The summed E-state index contributed by atoms with van der Waals surface area (Å²) >= 11 is 2.82. The second-order valence-electron chi connectivity index (χ2n) is 2.84. The van der Waals surface area contributed by atoms with Crippen LogP contribution in [0.25, 0.3) is 0 Å². The molecule has 1 aromatic rings. The summed E-state index contributed by atoms with van der Waals surface area (Å²) < 4.78 is 49.8. The average Bonchev–Trinajstić information content (AvgIpc) is 1.99. The molecule has 3 N–H and O–H groups in total. The Morgan fingerprint density at radius 1 is 1.33 bits per heavy atom. The molecule has 84 valence electrons. The minimum absolute atomic E-state index is 0.135. The van der Waals surface area contributed by atoms with Gasteiger partial charge in [0.1, 0.15) is 17.6 Å². The number of phenolic OH excluding ortho intramolecular Hbond substituents is 1. The predicted molar refractivity (Wildman–Crippen MR) is 48.7 cm³/mol. The summed E-state index contributed by atoms with van der Waals surface area (Å²) in [6.45, 7) is 0. The highest BCUT2D eigenvalue weighted by molar-refractivity contribution is 9.10. The van der Waals surface area contributed by atoms with Crippen LogP contribution in [0, 0.1) is 5.82 Å². The molecule has 0 aliphatic rings. The third-order valence-corrected chi connectivity index (χ3v) is 2.19. The number of halogens is 5. The molecule has 15 heavy (non-hydrogen) atoms. The first-order chi connectivity index (χ1) is 6.73. The van der Waals surface area contributed by atoms with E-state index in [1.807, 2.05) is 0 Å². The van der Waals surface area contributed by atoms with Crippen LogP contribution in [0.5, 0.6) is 5.75 Å². The first-order valence-corrected chi connectivity index (χ1v) is 4.53. The molecule has 1 rings (SSSR count). The summed E-state index contributed by atoms with van der Waals surface area (Å²) in [6, 6.07) is -0.782. The lowest BCUT2D eigenvalue weighted by Gasteiger charge is -2.17. The van der Waals surface area contributed by atoms with Gasteiger partial charge in [0, 0.05) is 4.47 Å². The van der Waals surface area contributed by atoms with Gasteiger partial charge >= 0.3 is 6.18 Å². The molecule has 2 nitrogen and oxygen atoms in total. The van der Waals surface area contributed by atoms with E-state index in [9.17, 15) is 17.6 Å². The van der Waals surface area contributed by atoms with Gasteiger partial charge in [-0.15, -0.1) is 0 Å². The topological polar surface area (TPSA) is 46.2 Å². The van der Waals surface area contributed by atoms with Crippen molar-refractivity contribution >= 4 is 15.9 Å². The zero-order valence-corrected chi connectivity index (χ0v) is 8.73. The lowest BCUT2D eigenvalue weighted by atomic mass is 10.1. The maximum Gasteiger partial charge on any atom is 0.407 e. The molecule has 1 atom stereocenters. The van der Waals surface area contributed by atoms with Gasteiger partial charge in [-0.25, -0.2) is 4.39 Å². The molecule has 0 saturated carbocycles. The minimum Gasteiger partial charge on any atom is -0.507 e. The van der Waals surface area contributed by atoms with Crippen molar-refractivity contribution in [1.29, 1.82) is 0 Å². The lowest BCUT2D eigenvalue weighted by molar-refractivity contribution is -0.150. The van der Waals surface area contributed by atoms with Crippen LogP contribution in [0.4, 0.5) is 17.6 Å². The number of nitrogens with two attached hydrogens (primary N) is 1. The van der Waals surface area contributed by atoms with Crippen LogP contribution in [0.1, 0.15) is 11.6 Å². The van der Waals surface area contributed by atoms with Crippen molar-refractivity contribution in [3.8, 4) is 5.75 Å². The Labute approximate surface area is 90.8 Å². The van der Waals surface area contributed by atoms with E-state index in [-0.39, 0.29) is 4.47 Å². The summed E-state index contributed by atoms with van der Waals surface area (Å²) in [5, 5.41) is 9.16. The van der Waals surface area contributed by atoms with Gasteiger partial charge in [-0.2, -0.15) is 13.2 Å². The SMILES string of the molecule is N[C@@H](c1c(O)cc(Br)cc1F)C(F)(F)F. The highest BCUT2D eigenvalue weighted by Gasteiger charge is 2.40. The lowest BCUT2D eigenvalue weighted by Crippen LogP contribution is -2.29. The van der Waals surface area contributed by atoms with E-state index in [0.717, 1.165) is 12.1 Å². The normalized spacial score (nSPS) is 14.0. The minimum atomic E-state index is -4.80. The van der Waals surface area contributed by atoms with Crippen LogP contribution in [-0.4, -0.2) is 11.3 Å². The zero-order valence-electron chi connectivity index (χ0n) is 7.15. The van der Waals surface area contributed by atoms with Crippen LogP contribution in [-0.2, 0) is 0 Å². The van der Waals surface area contributed by atoms with E-state index >= 15 is 0 Å². The molecule has 0 aliphatic heterocycles. The van der Waals surface area contributed by atoms with Gasteiger partial charge in [0.15, 0.2) is 0 Å². The van der Waals surface area contributed by atoms with Crippen molar-refractivity contribution in [2.75, 3.05) is 0 Å². The van der Waals surface area contributed by atoms with E-state index in [2.05, 4.69) is 15.9 Å². The van der Waals surface area contributed by atoms with Gasteiger partial charge < -0.3 is 10.8 Å². The first-order valence-electron chi connectivity index (χ1n) is 3.73. The molecule has 0 fully saturated rings. The number of hydrogen-bond donors (Lipinski definition) is 2. The third kappa shape index (κ3) is 2.60. The van der Waals surface area contributed by atoms with Crippen molar-refractivity contribution in [3.63, 3.8) is 0 Å². The van der Waals surface area contributed by atoms with Crippen LogP contribution >= 0.6 is 15.9 Å². The number of rotatable bonds is 1. The molecule has 7 heteroatoms. The quantitative estimate of drug-likeness (QED) is 0.780. The molecule has 0 unspecified atom stereocenters. The maximum absolute atomic E-state index is 13.1. The highest BCUT2D eigenvalue weighted by atomic mass is 79.9. The zero-order chi connectivity index (χ0) is 11.8. The number of benzene rings is 1. The predicted octanol–water partition coefficient (Wildman–Crippen LogP) is 2.86. The molecule has 0 aliphatic carbocycles. The Morgan fingerprint density at radius 2 is 1.87 bits per heavy atom. The van der Waals surface area contributed by atoms with Crippen molar-refractivity contribution in [2.24, 2.45) is 5.73 Å². The van der Waals surface area contributed by atoms with E-state index in [1.165, 1.54) is 0 Å². The van der Waals surface area contributed by atoms with Crippen molar-refractivity contribution in [2.45, 2.75) is 12.2 Å². The molecule has 0 aromatic heterocycles. The van der Waals surface area contributed by atoms with Crippen molar-refractivity contribution in [3.05, 3.63) is 28.0 Å². The fraction of sp³-hybridized carbons (Fsp3) is 0.250. The maximum atomic E-state index is 13.1. The van der Waals surface area contributed by atoms with Gasteiger partial charge in [0.25, 0.3) is 0 Å². The summed E-state index contributed by atoms with van der Waals surface area (Å²) in [4.78, 5) is 0. The van der Waals surface area contributed by atoms with Crippen molar-refractivity contribution in [1.82, 2.24) is 0 Å². The van der Waals surface area contributed by atoms with E-state index in [0.29, 0.717) is 0 Å². The van der Waals surface area contributed by atoms with Gasteiger partial charge in [0.2, 0.25) is 0 Å². The summed E-state index contributed by atoms with van der Waals surface area (Å²) in [5.41, 5.74) is 3.83. The molecule has 0 saturated heterocycles. The highest BCUT2D eigenvalue weighted by Crippen LogP contribution is 2.37. The van der Waals surface area contributed by atoms with Gasteiger partial charge in [-0.05, 0) is 12.1 Å². The molecular formula is C8H6BrF4NO. The number of hydrogen-bond acceptors (Lipinski definition) is 2. The van der Waals surface area contributed by atoms with Crippen molar-refractivity contribution < 1.29 is 22.7 Å². The number of aromatic hydroxyl groups is 1. The van der Waals surface area contributed by atoms with Gasteiger partial charge in [-0.1, -0.05) is 15.9 Å². The monoisotopic (exact) mass is 287 g/mol. The van der Waals surface area contributed by atoms with Gasteiger partial charge in [-0.3, -0.25) is 0 Å². The second kappa shape index (κ2) is 3.97. The Balaban J connectivity index is 3.26. The van der Waals surface area contributed by atoms with Crippen LogP contribution in [0.3, 0.4) is 0 Å². The molecule has 0 amide bonds. The van der Waals surface area contributed by atoms with Crippen LogP contribution < -0.4 is 5.73 Å². The standard InChI is InChI=1S/C8H6BrF4NO/c9-3-1-4(10)6(5(15)2-3)7(14)8(11,12)13/h1-2,7,15H,14H2/t7-/m0/s1. The molecule has 0 bridgehead atoms. The first kappa shape index (κ1) is 12.3. The largest absolute Gasteiger partial charge is 0.507 e. The summed E-state index contributed by atoms with van der Waals surface area (Å²) in [6.07, 6.45) is -4.80. The Morgan fingerprint density at radius 3 is 2.27 bits per heavy atom. The number of alkyl halides is 3. The third-order valence-electron chi connectivity index (χ3n) is 1.74. The molecule has 0 spiro atoms. The molecule has 0 heterocycles.